The molecule has 0 aliphatic carbocycles. The molecule has 152 valence electrons. The Morgan fingerprint density at radius 1 is 1.25 bits per heavy atom. The first kappa shape index (κ1) is 20.2. The number of rotatable bonds is 5. The first-order chi connectivity index (χ1) is 13.4. The van der Waals surface area contributed by atoms with Gasteiger partial charge in [-0.3, -0.25) is 4.98 Å². The third kappa shape index (κ3) is 5.24. The predicted octanol–water partition coefficient (Wildman–Crippen LogP) is 3.77. The molecule has 0 bridgehead atoms. The second-order valence-electron chi connectivity index (χ2n) is 8.20. The Bertz CT molecular complexity index is 811. The van der Waals surface area contributed by atoms with Crippen molar-refractivity contribution >= 4 is 22.8 Å². The molecule has 1 fully saturated rings. The van der Waals surface area contributed by atoms with Crippen molar-refractivity contribution in [3.63, 3.8) is 0 Å². The highest BCUT2D eigenvalue weighted by Gasteiger charge is 2.22. The Hall–Kier alpha value is -2.57. The molecule has 1 aliphatic heterocycles. The van der Waals surface area contributed by atoms with Gasteiger partial charge in [0, 0.05) is 31.9 Å². The number of anilines is 1. The Kier molecular flexibility index (Phi) is 6.21. The van der Waals surface area contributed by atoms with E-state index in [0.717, 1.165) is 49.1 Å². The van der Waals surface area contributed by atoms with Crippen LogP contribution in [0.2, 0.25) is 0 Å². The predicted molar refractivity (Wildman–Crippen MR) is 110 cm³/mol. The smallest absolute Gasteiger partial charge is 0.407 e. The summed E-state index contributed by atoms with van der Waals surface area (Å²) in [5.74, 6) is 1.20. The number of alkyl carbamates (subject to hydrolysis) is 1. The van der Waals surface area contributed by atoms with Crippen molar-refractivity contribution < 1.29 is 14.3 Å². The number of ether oxygens (including phenoxy) is 2. The Balaban J connectivity index is 1.53. The first-order valence-corrected chi connectivity index (χ1v) is 9.87. The minimum Gasteiger partial charge on any atom is -0.481 e. The highest BCUT2D eigenvalue weighted by atomic mass is 16.6. The minimum atomic E-state index is -0.459. The molecule has 3 heterocycles. The highest BCUT2D eigenvalue weighted by Crippen LogP contribution is 2.30. The van der Waals surface area contributed by atoms with Gasteiger partial charge in [-0.15, -0.1) is 0 Å². The summed E-state index contributed by atoms with van der Waals surface area (Å²) < 4.78 is 10.6. The number of nitrogens with one attached hydrogen (secondary N) is 1. The van der Waals surface area contributed by atoms with Gasteiger partial charge in [0.2, 0.25) is 5.88 Å². The average molecular weight is 386 g/mol. The Morgan fingerprint density at radius 2 is 2.00 bits per heavy atom. The van der Waals surface area contributed by atoms with E-state index >= 15 is 0 Å². The van der Waals surface area contributed by atoms with Crippen molar-refractivity contribution in [2.45, 2.75) is 45.6 Å². The SMILES string of the molecule is COc1ccc2nccc(N3CCC(CCNC(=O)OC(C)(C)C)CC3)c2n1. The van der Waals surface area contributed by atoms with Gasteiger partial charge in [0.05, 0.1) is 18.3 Å². The summed E-state index contributed by atoms with van der Waals surface area (Å²) in [5, 5.41) is 2.86. The lowest BCUT2D eigenvalue weighted by Gasteiger charge is -2.34. The van der Waals surface area contributed by atoms with Crippen LogP contribution in [0.15, 0.2) is 24.4 Å². The Morgan fingerprint density at radius 3 is 2.68 bits per heavy atom. The van der Waals surface area contributed by atoms with E-state index in [1.165, 1.54) is 0 Å². The van der Waals surface area contributed by atoms with Crippen molar-refractivity contribution in [3.05, 3.63) is 24.4 Å². The molecule has 1 N–H and O–H groups in total. The fourth-order valence-corrected chi connectivity index (χ4v) is 3.52. The number of fused-ring (bicyclic) bond motifs is 1. The van der Waals surface area contributed by atoms with E-state index in [2.05, 4.69) is 20.2 Å². The molecule has 0 unspecified atom stereocenters. The third-order valence-corrected chi connectivity index (χ3v) is 4.92. The number of carbonyl (C=O) groups is 1. The van der Waals surface area contributed by atoms with Gasteiger partial charge in [0.15, 0.2) is 0 Å². The third-order valence-electron chi connectivity index (χ3n) is 4.92. The summed E-state index contributed by atoms with van der Waals surface area (Å²) in [6.45, 7) is 8.20. The second kappa shape index (κ2) is 8.63. The molecule has 0 spiro atoms. The van der Waals surface area contributed by atoms with Crippen LogP contribution in [-0.4, -0.2) is 48.4 Å². The summed E-state index contributed by atoms with van der Waals surface area (Å²) in [6.07, 6.45) is 4.64. The lowest BCUT2D eigenvalue weighted by molar-refractivity contribution is 0.0524. The Labute approximate surface area is 166 Å². The van der Waals surface area contributed by atoms with Crippen molar-refractivity contribution in [2.24, 2.45) is 5.92 Å². The molecule has 2 aromatic heterocycles. The van der Waals surface area contributed by atoms with Gasteiger partial charge >= 0.3 is 6.09 Å². The monoisotopic (exact) mass is 386 g/mol. The van der Waals surface area contributed by atoms with Crippen LogP contribution in [0, 0.1) is 5.92 Å². The van der Waals surface area contributed by atoms with Gasteiger partial charge < -0.3 is 19.7 Å². The summed E-state index contributed by atoms with van der Waals surface area (Å²) in [4.78, 5) is 23.1. The first-order valence-electron chi connectivity index (χ1n) is 9.87. The molecular formula is C21H30N4O3. The van der Waals surface area contributed by atoms with Gasteiger partial charge in [-0.25, -0.2) is 9.78 Å². The van der Waals surface area contributed by atoms with Crippen LogP contribution < -0.4 is 15.0 Å². The van der Waals surface area contributed by atoms with Crippen LogP contribution in [0.3, 0.4) is 0 Å². The highest BCUT2D eigenvalue weighted by molar-refractivity contribution is 5.88. The van der Waals surface area contributed by atoms with Crippen LogP contribution in [0.4, 0.5) is 10.5 Å². The lowest BCUT2D eigenvalue weighted by atomic mass is 9.93. The van der Waals surface area contributed by atoms with Crippen LogP contribution >= 0.6 is 0 Å². The molecule has 7 heteroatoms. The van der Waals surface area contributed by atoms with Crippen molar-refractivity contribution in [1.29, 1.82) is 0 Å². The lowest BCUT2D eigenvalue weighted by Crippen LogP contribution is -2.36. The average Bonchev–Trinajstić information content (AvgIpc) is 2.66. The molecular weight excluding hydrogens is 356 g/mol. The van der Waals surface area contributed by atoms with Gasteiger partial charge in [-0.1, -0.05) is 0 Å². The maximum Gasteiger partial charge on any atom is 0.407 e. The van der Waals surface area contributed by atoms with Crippen molar-refractivity contribution in [1.82, 2.24) is 15.3 Å². The quantitative estimate of drug-likeness (QED) is 0.843. The van der Waals surface area contributed by atoms with E-state index in [0.29, 0.717) is 18.3 Å². The minimum absolute atomic E-state index is 0.340. The maximum absolute atomic E-state index is 11.7. The molecule has 0 radical (unpaired) electrons. The fourth-order valence-electron chi connectivity index (χ4n) is 3.52. The number of hydrogen-bond acceptors (Lipinski definition) is 6. The number of carbonyl (C=O) groups excluding carboxylic acids is 1. The zero-order chi connectivity index (χ0) is 20.1. The van der Waals surface area contributed by atoms with Gasteiger partial charge in [-0.2, -0.15) is 0 Å². The second-order valence-corrected chi connectivity index (χ2v) is 8.20. The van der Waals surface area contributed by atoms with Crippen LogP contribution in [0.1, 0.15) is 40.0 Å². The molecule has 1 saturated heterocycles. The van der Waals surface area contributed by atoms with Gasteiger partial charge in [0.25, 0.3) is 0 Å². The molecule has 0 atom stereocenters. The molecule has 7 nitrogen and oxygen atoms in total. The van der Waals surface area contributed by atoms with Gasteiger partial charge in [-0.05, 0) is 58.1 Å². The number of piperidine rings is 1. The zero-order valence-electron chi connectivity index (χ0n) is 17.2. The molecule has 0 saturated carbocycles. The maximum atomic E-state index is 11.7. The number of pyridine rings is 2. The molecule has 1 aliphatic rings. The topological polar surface area (TPSA) is 76.6 Å². The molecule has 3 rings (SSSR count). The number of nitrogens with zero attached hydrogens (tertiary/aromatic N) is 3. The number of amides is 1. The number of methoxy groups -OCH3 is 1. The molecule has 2 aromatic rings. The summed E-state index contributed by atoms with van der Waals surface area (Å²) >= 11 is 0. The van der Waals surface area contributed by atoms with E-state index in [1.54, 1.807) is 7.11 Å². The summed E-state index contributed by atoms with van der Waals surface area (Å²) in [7, 11) is 1.63. The summed E-state index contributed by atoms with van der Waals surface area (Å²) in [5.41, 5.74) is 2.41. The van der Waals surface area contributed by atoms with Crippen molar-refractivity contribution in [2.75, 3.05) is 31.6 Å². The molecule has 28 heavy (non-hydrogen) atoms. The van der Waals surface area contributed by atoms with E-state index in [1.807, 2.05) is 45.2 Å². The number of aromatic nitrogens is 2. The van der Waals surface area contributed by atoms with E-state index in [9.17, 15) is 4.79 Å². The standard InChI is InChI=1S/C21H30N4O3/c1-21(2,3)28-20(26)23-11-7-15-9-13-25(14-10-15)17-8-12-22-16-5-6-18(27-4)24-19(16)17/h5-6,8,12,15H,7,9-11,13-14H2,1-4H3,(H,23,26). The number of hydrogen-bond donors (Lipinski definition) is 1. The van der Waals surface area contributed by atoms with Crippen LogP contribution in [0.5, 0.6) is 5.88 Å². The fraction of sp³-hybridized carbons (Fsp3) is 0.571. The van der Waals surface area contributed by atoms with Crippen molar-refractivity contribution in [3.8, 4) is 5.88 Å². The molecule has 1 amide bonds. The normalized spacial score (nSPS) is 15.5. The zero-order valence-corrected chi connectivity index (χ0v) is 17.2. The van der Waals surface area contributed by atoms with E-state index in [-0.39, 0.29) is 6.09 Å². The van der Waals surface area contributed by atoms with Crippen LogP contribution in [-0.2, 0) is 4.74 Å². The molecule has 0 aromatic carbocycles. The van der Waals surface area contributed by atoms with Gasteiger partial charge in [0.1, 0.15) is 11.1 Å². The van der Waals surface area contributed by atoms with Crippen LogP contribution in [0.25, 0.3) is 11.0 Å². The largest absolute Gasteiger partial charge is 0.481 e. The van der Waals surface area contributed by atoms with E-state index < -0.39 is 5.60 Å². The summed E-state index contributed by atoms with van der Waals surface area (Å²) in [6, 6.07) is 5.81. The van der Waals surface area contributed by atoms with E-state index in [4.69, 9.17) is 9.47 Å².